The summed E-state index contributed by atoms with van der Waals surface area (Å²) in [4.78, 5) is 4.24. The van der Waals surface area contributed by atoms with Gasteiger partial charge in [0, 0.05) is 18.4 Å². The summed E-state index contributed by atoms with van der Waals surface area (Å²) in [6, 6.07) is 10.9. The molecule has 0 spiro atoms. The van der Waals surface area contributed by atoms with E-state index < -0.39 is 0 Å². The first-order valence-electron chi connectivity index (χ1n) is 6.34. The summed E-state index contributed by atoms with van der Waals surface area (Å²) in [5.74, 6) is 0. The van der Waals surface area contributed by atoms with Gasteiger partial charge in [0.2, 0.25) is 0 Å². The van der Waals surface area contributed by atoms with Crippen molar-refractivity contribution in [1.29, 1.82) is 0 Å². The van der Waals surface area contributed by atoms with E-state index in [0.29, 0.717) is 6.04 Å². The van der Waals surface area contributed by atoms with Gasteiger partial charge in [0.15, 0.2) is 0 Å². The topological polar surface area (TPSA) is 24.9 Å². The van der Waals surface area contributed by atoms with Crippen LogP contribution in [0.15, 0.2) is 42.7 Å². The first-order chi connectivity index (χ1) is 8.72. The number of aromatic nitrogens is 1. The Hall–Kier alpha value is -1.67. The summed E-state index contributed by atoms with van der Waals surface area (Å²) in [5.41, 5.74) is 5.31. The molecule has 1 atom stereocenters. The Balaban J connectivity index is 2.26. The van der Waals surface area contributed by atoms with Crippen molar-refractivity contribution >= 4 is 0 Å². The number of nitrogens with one attached hydrogen (secondary N) is 1. The molecule has 2 rings (SSSR count). The van der Waals surface area contributed by atoms with Gasteiger partial charge in [0.05, 0.1) is 0 Å². The minimum Gasteiger partial charge on any atom is -0.313 e. The first-order valence-corrected chi connectivity index (χ1v) is 6.34. The molecule has 1 heterocycles. The molecule has 1 aromatic carbocycles. The fourth-order valence-corrected chi connectivity index (χ4v) is 2.27. The molecule has 0 fully saturated rings. The summed E-state index contributed by atoms with van der Waals surface area (Å²) < 4.78 is 0. The third kappa shape index (κ3) is 2.77. The van der Waals surface area contributed by atoms with Gasteiger partial charge >= 0.3 is 0 Å². The van der Waals surface area contributed by atoms with Gasteiger partial charge in [-0.25, -0.2) is 0 Å². The lowest BCUT2D eigenvalue weighted by atomic mass is 9.95. The molecule has 1 N–H and O–H groups in total. The Bertz CT molecular complexity index is 520. The Kier molecular flexibility index (Phi) is 4.11. The monoisotopic (exact) mass is 240 g/mol. The molecular formula is C16H20N2. The van der Waals surface area contributed by atoms with Crippen molar-refractivity contribution in [3.8, 4) is 0 Å². The zero-order chi connectivity index (χ0) is 13.0. The molecule has 2 aromatic rings. The maximum absolute atomic E-state index is 4.24. The van der Waals surface area contributed by atoms with Crippen molar-refractivity contribution in [3.63, 3.8) is 0 Å². The summed E-state index contributed by atoms with van der Waals surface area (Å²) in [6.07, 6.45) is 4.81. The molecule has 2 heteroatoms. The smallest absolute Gasteiger partial charge is 0.0376 e. The van der Waals surface area contributed by atoms with Crippen molar-refractivity contribution < 1.29 is 0 Å². The van der Waals surface area contributed by atoms with Gasteiger partial charge in [0.25, 0.3) is 0 Å². The quantitative estimate of drug-likeness (QED) is 0.887. The van der Waals surface area contributed by atoms with Crippen LogP contribution in [0.5, 0.6) is 0 Å². The highest BCUT2D eigenvalue weighted by Gasteiger charge is 2.13. The standard InChI is InChI=1S/C16H20N2/c1-12-6-4-5-7-14(12)10-16(17-3)15-11-18-9-8-13(15)2/h4-9,11,16-17H,10H2,1-3H3. The van der Waals surface area contributed by atoms with Crippen LogP contribution >= 0.6 is 0 Å². The highest BCUT2D eigenvalue weighted by molar-refractivity contribution is 5.31. The lowest BCUT2D eigenvalue weighted by Gasteiger charge is -2.19. The van der Waals surface area contributed by atoms with Gasteiger partial charge in [-0.05, 0) is 55.6 Å². The number of likely N-dealkylation sites (N-methyl/N-ethyl adjacent to an activating group) is 1. The van der Waals surface area contributed by atoms with Crippen LogP contribution in [-0.4, -0.2) is 12.0 Å². The van der Waals surface area contributed by atoms with Gasteiger partial charge in [-0.15, -0.1) is 0 Å². The average Bonchev–Trinajstić information content (AvgIpc) is 2.39. The molecule has 0 saturated heterocycles. The highest BCUT2D eigenvalue weighted by Crippen LogP contribution is 2.22. The molecule has 0 saturated carbocycles. The van der Waals surface area contributed by atoms with E-state index in [1.54, 1.807) is 0 Å². The van der Waals surface area contributed by atoms with Crippen molar-refractivity contribution in [3.05, 3.63) is 65.0 Å². The molecule has 0 amide bonds. The number of pyridine rings is 1. The summed E-state index contributed by atoms with van der Waals surface area (Å²) in [7, 11) is 2.01. The lowest BCUT2D eigenvalue weighted by molar-refractivity contribution is 0.585. The minimum atomic E-state index is 0.319. The van der Waals surface area contributed by atoms with E-state index in [4.69, 9.17) is 0 Å². The van der Waals surface area contributed by atoms with Gasteiger partial charge in [-0.3, -0.25) is 4.98 Å². The van der Waals surface area contributed by atoms with Crippen LogP contribution in [0.25, 0.3) is 0 Å². The first kappa shape index (κ1) is 12.8. The lowest BCUT2D eigenvalue weighted by Crippen LogP contribution is -2.20. The molecule has 1 aromatic heterocycles. The second-order valence-electron chi connectivity index (χ2n) is 4.70. The Morgan fingerprint density at radius 3 is 2.56 bits per heavy atom. The largest absolute Gasteiger partial charge is 0.313 e. The zero-order valence-electron chi connectivity index (χ0n) is 11.3. The van der Waals surface area contributed by atoms with Crippen molar-refractivity contribution in [2.45, 2.75) is 26.3 Å². The average molecular weight is 240 g/mol. The zero-order valence-corrected chi connectivity index (χ0v) is 11.3. The van der Waals surface area contributed by atoms with Crippen LogP contribution in [0.1, 0.15) is 28.3 Å². The Morgan fingerprint density at radius 1 is 1.11 bits per heavy atom. The number of hydrogen-bond acceptors (Lipinski definition) is 2. The number of hydrogen-bond donors (Lipinski definition) is 1. The SMILES string of the molecule is CNC(Cc1ccccc1C)c1cnccc1C. The van der Waals surface area contributed by atoms with E-state index in [-0.39, 0.29) is 0 Å². The molecular weight excluding hydrogens is 220 g/mol. The fourth-order valence-electron chi connectivity index (χ4n) is 2.27. The number of nitrogens with zero attached hydrogens (tertiary/aromatic N) is 1. The van der Waals surface area contributed by atoms with Crippen molar-refractivity contribution in [2.75, 3.05) is 7.05 Å². The van der Waals surface area contributed by atoms with Gasteiger partial charge in [-0.1, -0.05) is 24.3 Å². The molecule has 18 heavy (non-hydrogen) atoms. The molecule has 1 unspecified atom stereocenters. The molecule has 0 aliphatic rings. The molecule has 0 aliphatic carbocycles. The van der Waals surface area contributed by atoms with E-state index in [2.05, 4.69) is 54.5 Å². The van der Waals surface area contributed by atoms with E-state index in [1.165, 1.54) is 22.3 Å². The molecule has 2 nitrogen and oxygen atoms in total. The van der Waals surface area contributed by atoms with E-state index >= 15 is 0 Å². The van der Waals surface area contributed by atoms with Crippen LogP contribution in [0.4, 0.5) is 0 Å². The number of rotatable bonds is 4. The van der Waals surface area contributed by atoms with Gasteiger partial charge < -0.3 is 5.32 Å². The molecule has 0 bridgehead atoms. The normalized spacial score (nSPS) is 12.4. The van der Waals surface area contributed by atoms with Crippen LogP contribution in [0.3, 0.4) is 0 Å². The van der Waals surface area contributed by atoms with Crippen LogP contribution in [-0.2, 0) is 6.42 Å². The van der Waals surface area contributed by atoms with Crippen molar-refractivity contribution in [2.24, 2.45) is 0 Å². The van der Waals surface area contributed by atoms with Crippen LogP contribution in [0, 0.1) is 13.8 Å². The maximum Gasteiger partial charge on any atom is 0.0376 e. The third-order valence-electron chi connectivity index (χ3n) is 3.49. The number of aryl methyl sites for hydroxylation is 2. The number of benzene rings is 1. The Labute approximate surface area is 109 Å². The fraction of sp³-hybridized carbons (Fsp3) is 0.312. The maximum atomic E-state index is 4.24. The third-order valence-corrected chi connectivity index (χ3v) is 3.49. The summed E-state index contributed by atoms with van der Waals surface area (Å²) >= 11 is 0. The second-order valence-corrected chi connectivity index (χ2v) is 4.70. The van der Waals surface area contributed by atoms with Gasteiger partial charge in [0.1, 0.15) is 0 Å². The molecule has 0 radical (unpaired) electrons. The second kappa shape index (κ2) is 5.78. The van der Waals surface area contributed by atoms with Crippen LogP contribution in [0.2, 0.25) is 0 Å². The summed E-state index contributed by atoms with van der Waals surface area (Å²) in [6.45, 7) is 4.30. The summed E-state index contributed by atoms with van der Waals surface area (Å²) in [5, 5.41) is 3.39. The molecule has 94 valence electrons. The minimum absolute atomic E-state index is 0.319. The van der Waals surface area contributed by atoms with E-state index in [9.17, 15) is 0 Å². The van der Waals surface area contributed by atoms with Crippen molar-refractivity contribution in [1.82, 2.24) is 10.3 Å². The predicted octanol–water partition coefficient (Wildman–Crippen LogP) is 3.20. The highest BCUT2D eigenvalue weighted by atomic mass is 14.9. The Morgan fingerprint density at radius 2 is 1.89 bits per heavy atom. The van der Waals surface area contributed by atoms with E-state index in [1.807, 2.05) is 19.4 Å². The van der Waals surface area contributed by atoms with Crippen LogP contribution < -0.4 is 5.32 Å². The predicted molar refractivity (Wildman–Crippen MR) is 75.7 cm³/mol. The van der Waals surface area contributed by atoms with Gasteiger partial charge in [-0.2, -0.15) is 0 Å². The molecule has 0 aliphatic heterocycles. The van der Waals surface area contributed by atoms with E-state index in [0.717, 1.165) is 6.42 Å².